The first kappa shape index (κ1) is 87.5. The maximum Gasteiger partial charge on any atom is 0.253 e. The third-order valence-electron chi connectivity index (χ3n) is 22.1. The molecule has 3 aliphatic heterocycles. The molecule has 662 valence electrons. The summed E-state index contributed by atoms with van der Waals surface area (Å²) in [6.45, 7) is 13.3. The molecule has 3 saturated heterocycles. The molecule has 36 heteroatoms. The van der Waals surface area contributed by atoms with E-state index in [0.29, 0.717) is 124 Å². The zero-order valence-corrected chi connectivity index (χ0v) is 74.1. The molecule has 0 aliphatic carbocycles. The van der Waals surface area contributed by atoms with Crippen molar-refractivity contribution in [1.29, 1.82) is 0 Å². The second-order valence-corrected chi connectivity index (χ2v) is 34.1. The molecule has 2 amide bonds. The zero-order valence-electron chi connectivity index (χ0n) is 70.1. The number of nitrogens with zero attached hydrogens (tertiary/aromatic N) is 11. The number of para-hydroxylation sites is 4. The van der Waals surface area contributed by atoms with Crippen molar-refractivity contribution in [3.05, 3.63) is 243 Å². The monoisotopic (exact) mass is 1850 g/mol. The summed E-state index contributed by atoms with van der Waals surface area (Å²) in [7, 11) is 3.21. The van der Waals surface area contributed by atoms with E-state index in [1.807, 2.05) is 125 Å². The fourth-order valence-corrected chi connectivity index (χ4v) is 19.5. The minimum atomic E-state index is -0.677. The Labute approximate surface area is 762 Å². The predicted molar refractivity (Wildman–Crippen MR) is 508 cm³/mol. The minimum Gasteiger partial charge on any atom is -0.491 e. The number of morpholine rings is 3. The van der Waals surface area contributed by atoms with Gasteiger partial charge < -0.3 is 60.3 Å². The van der Waals surface area contributed by atoms with Crippen LogP contribution in [0.5, 0.6) is 17.2 Å². The fraction of sp³-hybridized carbons (Fsp3) is 0.213. The number of carbonyl (C=O) groups excluding carboxylic acids is 2. The Balaban J connectivity index is 0.000000117. The third-order valence-corrected chi connectivity index (χ3v) is 26.3. The molecule has 13 heterocycles. The number of thiophene rings is 4. The topological polar surface area (TPSA) is 306 Å². The molecule has 3 fully saturated rings. The van der Waals surface area contributed by atoms with Crippen molar-refractivity contribution in [2.24, 2.45) is 0 Å². The van der Waals surface area contributed by atoms with Gasteiger partial charge in [-0.25, -0.2) is 47.5 Å². The fourth-order valence-electron chi connectivity index (χ4n) is 15.5. The SMILES string of the molecule is CNC(=O)c1cccc2c1nc(Nc1cccc(OCCN3CCOCC3)c1Cl)c1ccsc12.CNC(=O)c1cccc2c1nc(Nc1cccc(OCCN3CCOCC3)c1F)c1ccsc12.Fc1c(Nc2nc3c(-c4ncn[nH]4)cccc3c3sccc23)cccc1OCCN1CCOCC1.Fc1ccc(Nc2nc3c(-c4ncn[nH]4)cccc3c3sccc23)c(F)c1. The molecular weight excluding hydrogens is 1760 g/mol. The Bertz CT molecular complexity index is 6890. The molecule has 27 nitrogen and oxygen atoms in total. The molecule has 0 radical (unpaired) electrons. The number of hydrogen-bond acceptors (Lipinski definition) is 27. The van der Waals surface area contributed by atoms with Gasteiger partial charge in [0, 0.05) is 152 Å². The van der Waals surface area contributed by atoms with E-state index in [1.165, 1.54) is 24.8 Å². The normalized spacial score (nSPS) is 13.8. The first-order chi connectivity index (χ1) is 63.8. The highest BCUT2D eigenvalue weighted by atomic mass is 35.5. The maximum atomic E-state index is 15.4. The number of carbonyl (C=O) groups is 2. The van der Waals surface area contributed by atoms with E-state index in [2.05, 4.69) is 77.0 Å². The Kier molecular flexibility index (Phi) is 27.4. The number of hydrogen-bond donors (Lipinski definition) is 8. The lowest BCUT2D eigenvalue weighted by atomic mass is 10.1. The van der Waals surface area contributed by atoms with Crippen molar-refractivity contribution >= 4 is 199 Å². The van der Waals surface area contributed by atoms with Gasteiger partial charge in [0.25, 0.3) is 11.8 Å². The lowest BCUT2D eigenvalue weighted by Gasteiger charge is -2.26. The molecule has 8 aromatic carbocycles. The van der Waals surface area contributed by atoms with Crippen LogP contribution in [0.2, 0.25) is 5.02 Å². The molecule has 18 aromatic rings. The lowest BCUT2D eigenvalue weighted by molar-refractivity contribution is 0.0319. The number of benzene rings is 8. The standard InChI is InChI=1S/C25H25ClN4O3S.C25H23FN6O2S.C25H25FN4O3S.C19H11F2N5S/c1-27-25(31)17-5-2-4-16-22(17)29-24(18-8-15-34-23(16)18)28-19-6-3-7-20(21(19)26)33-14-11-30-9-12-32-13-10-30;26-21-19(5-2-6-20(21)34-13-10-32-8-11-33-12-9-32)29-25-18-7-14-35-23(18)16-3-1-4-17(22(16)30-25)24-27-15-28-31-24;1-27-25(31)17-5-2-4-16-22(17)29-24(18-8-15-34-23(16)18)28-19-6-3-7-20(21(19)26)33-14-11-30-9-12-32-13-10-30;20-10-4-5-15(14(21)8-10)24-19-13-6-7-27-17(13)11-2-1-3-12(16(11)25-19)18-22-9-23-26-18/h2-8,15H,9-14H2,1H3,(H,27,31)(H,28,29);1-7,14-15H,8-13H2,(H,29,30)(H,27,28,31);2-8,15H,9-14H2,1H3,(H,27,31)(H,28,29);1-9H,(H,24,25)(H,22,23,26). The van der Waals surface area contributed by atoms with Gasteiger partial charge in [-0.2, -0.15) is 10.2 Å². The summed E-state index contributed by atoms with van der Waals surface area (Å²) in [5.41, 5.74) is 6.76. The highest BCUT2D eigenvalue weighted by Crippen LogP contribution is 2.44. The van der Waals surface area contributed by atoms with Gasteiger partial charge in [-0.1, -0.05) is 78.3 Å². The van der Waals surface area contributed by atoms with Crippen molar-refractivity contribution in [1.82, 2.24) is 75.6 Å². The largest absolute Gasteiger partial charge is 0.491 e. The van der Waals surface area contributed by atoms with Gasteiger partial charge in [0.2, 0.25) is 0 Å². The van der Waals surface area contributed by atoms with Crippen LogP contribution < -0.4 is 46.1 Å². The number of pyridine rings is 4. The lowest BCUT2D eigenvalue weighted by Crippen LogP contribution is -2.38. The number of fused-ring (bicyclic) bond motifs is 12. The molecule has 0 unspecified atom stereocenters. The van der Waals surface area contributed by atoms with E-state index in [-0.39, 0.29) is 34.7 Å². The Morgan fingerprint density at radius 3 is 1.14 bits per heavy atom. The Hall–Kier alpha value is -13.2. The summed E-state index contributed by atoms with van der Waals surface area (Å²) in [6.07, 6.45) is 2.90. The second-order valence-electron chi connectivity index (χ2n) is 30.0. The molecular formula is C94H84ClF4N19O8S4. The summed E-state index contributed by atoms with van der Waals surface area (Å²) in [5, 5.41) is 47.6. The van der Waals surface area contributed by atoms with Crippen LogP contribution in [-0.4, -0.2) is 209 Å². The number of aromatic amines is 2. The van der Waals surface area contributed by atoms with Crippen molar-refractivity contribution in [3.63, 3.8) is 0 Å². The van der Waals surface area contributed by atoms with Crippen LogP contribution in [0.3, 0.4) is 0 Å². The predicted octanol–water partition coefficient (Wildman–Crippen LogP) is 19.4. The van der Waals surface area contributed by atoms with Crippen LogP contribution >= 0.6 is 56.9 Å². The first-order valence-corrected chi connectivity index (χ1v) is 45.7. The van der Waals surface area contributed by atoms with Gasteiger partial charge in [-0.05, 0) is 119 Å². The van der Waals surface area contributed by atoms with Crippen molar-refractivity contribution in [2.75, 3.05) is 154 Å². The quantitative estimate of drug-likeness (QED) is 0.0261. The average molecular weight is 1850 g/mol. The van der Waals surface area contributed by atoms with E-state index < -0.39 is 23.3 Å². The van der Waals surface area contributed by atoms with Crippen LogP contribution in [-0.2, 0) is 14.2 Å². The smallest absolute Gasteiger partial charge is 0.253 e. The van der Waals surface area contributed by atoms with E-state index in [4.69, 9.17) is 60.0 Å². The Morgan fingerprint density at radius 2 is 0.754 bits per heavy atom. The molecule has 0 atom stereocenters. The summed E-state index contributed by atoms with van der Waals surface area (Å²) >= 11 is 13.1. The number of halogens is 5. The molecule has 8 N–H and O–H groups in total. The molecule has 21 rings (SSSR count). The van der Waals surface area contributed by atoms with Gasteiger partial charge in [-0.15, -0.1) is 45.3 Å². The molecule has 0 saturated carbocycles. The van der Waals surface area contributed by atoms with E-state index in [0.717, 1.165) is 163 Å². The highest BCUT2D eigenvalue weighted by molar-refractivity contribution is 7.19. The molecule has 0 bridgehead atoms. The van der Waals surface area contributed by atoms with Crippen LogP contribution in [0.15, 0.2) is 204 Å². The number of anilines is 8. The van der Waals surface area contributed by atoms with E-state index in [1.54, 1.807) is 108 Å². The maximum absolute atomic E-state index is 15.4. The molecule has 0 spiro atoms. The second kappa shape index (κ2) is 40.7. The van der Waals surface area contributed by atoms with Gasteiger partial charge in [0.05, 0.1) is 95.6 Å². The summed E-state index contributed by atoms with van der Waals surface area (Å²) in [5.74, 6) is 1.84. The summed E-state index contributed by atoms with van der Waals surface area (Å²) in [4.78, 5) is 59.4. The van der Waals surface area contributed by atoms with Gasteiger partial charge in [-0.3, -0.25) is 34.5 Å². The van der Waals surface area contributed by atoms with Gasteiger partial charge in [0.15, 0.2) is 34.8 Å². The summed E-state index contributed by atoms with van der Waals surface area (Å²) < 4.78 is 95.9. The molecule has 130 heavy (non-hydrogen) atoms. The highest BCUT2D eigenvalue weighted by Gasteiger charge is 2.25. The average Bonchev–Trinajstić information content (AvgIpc) is 1.52. The zero-order chi connectivity index (χ0) is 89.0. The van der Waals surface area contributed by atoms with Crippen LogP contribution in [0.25, 0.3) is 107 Å². The number of H-pyrrole nitrogens is 2. The van der Waals surface area contributed by atoms with E-state index >= 15 is 8.78 Å². The van der Waals surface area contributed by atoms with Crippen molar-refractivity contribution in [3.8, 4) is 40.0 Å². The van der Waals surface area contributed by atoms with Gasteiger partial charge in [0.1, 0.15) is 78.2 Å². The number of ether oxygens (including phenoxy) is 6. The van der Waals surface area contributed by atoms with Crippen molar-refractivity contribution < 1.29 is 55.6 Å². The van der Waals surface area contributed by atoms with Crippen LogP contribution in [0.4, 0.5) is 63.6 Å². The third kappa shape index (κ3) is 19.3. The minimum absolute atomic E-state index is 0.160. The number of amides is 2. The number of aromatic nitrogens is 10. The van der Waals surface area contributed by atoms with Crippen LogP contribution in [0, 0.1) is 23.3 Å². The summed E-state index contributed by atoms with van der Waals surface area (Å²) in [6, 6.07) is 50.1. The molecule has 10 aromatic heterocycles. The molecule has 3 aliphatic rings. The Morgan fingerprint density at radius 1 is 0.408 bits per heavy atom. The van der Waals surface area contributed by atoms with E-state index in [9.17, 15) is 18.4 Å². The van der Waals surface area contributed by atoms with Crippen LogP contribution in [0.1, 0.15) is 20.7 Å². The van der Waals surface area contributed by atoms with Crippen molar-refractivity contribution in [2.45, 2.75) is 0 Å². The number of nitrogens with one attached hydrogen (secondary N) is 8. The first-order valence-electron chi connectivity index (χ1n) is 41.8. The van der Waals surface area contributed by atoms with Gasteiger partial charge >= 0.3 is 0 Å². The number of rotatable bonds is 24.